The molecular formula is C14H28N2O2. The zero-order chi connectivity index (χ0) is 13.4. The van der Waals surface area contributed by atoms with E-state index < -0.39 is 5.60 Å². The Kier molecular flexibility index (Phi) is 6.65. The van der Waals surface area contributed by atoms with E-state index in [0.29, 0.717) is 13.1 Å². The van der Waals surface area contributed by atoms with E-state index in [-0.39, 0.29) is 5.91 Å². The van der Waals surface area contributed by atoms with Crippen LogP contribution in [0.5, 0.6) is 0 Å². The van der Waals surface area contributed by atoms with Gasteiger partial charge in [-0.3, -0.25) is 4.79 Å². The average molecular weight is 256 g/mol. The van der Waals surface area contributed by atoms with Crippen LogP contribution in [0.25, 0.3) is 0 Å². The first-order valence-electron chi connectivity index (χ1n) is 7.29. The Morgan fingerprint density at radius 2 is 2.00 bits per heavy atom. The molecule has 0 aromatic rings. The molecule has 0 bridgehead atoms. The van der Waals surface area contributed by atoms with Gasteiger partial charge < -0.3 is 15.7 Å². The molecule has 0 spiro atoms. The molecule has 0 aromatic heterocycles. The fraction of sp³-hybridized carbons (Fsp3) is 0.929. The molecule has 0 aliphatic heterocycles. The summed E-state index contributed by atoms with van der Waals surface area (Å²) in [5.41, 5.74) is -0.675. The molecule has 0 saturated heterocycles. The molecule has 0 aromatic carbocycles. The molecular weight excluding hydrogens is 228 g/mol. The van der Waals surface area contributed by atoms with Gasteiger partial charge >= 0.3 is 0 Å². The molecule has 0 radical (unpaired) electrons. The zero-order valence-electron chi connectivity index (χ0n) is 11.8. The lowest BCUT2D eigenvalue weighted by Gasteiger charge is -2.35. The van der Waals surface area contributed by atoms with Crippen LogP contribution in [0.4, 0.5) is 0 Å². The van der Waals surface area contributed by atoms with Gasteiger partial charge in [0.15, 0.2) is 0 Å². The normalized spacial score (nSPS) is 28.1. The number of rotatable bonds is 7. The van der Waals surface area contributed by atoms with Crippen molar-refractivity contribution in [1.82, 2.24) is 10.6 Å². The quantitative estimate of drug-likeness (QED) is 0.604. The summed E-state index contributed by atoms with van der Waals surface area (Å²) in [6, 6.07) is 0. The van der Waals surface area contributed by atoms with Gasteiger partial charge in [0.2, 0.25) is 5.91 Å². The molecule has 4 nitrogen and oxygen atoms in total. The lowest BCUT2D eigenvalue weighted by molar-refractivity contribution is -0.122. The molecule has 1 aliphatic rings. The summed E-state index contributed by atoms with van der Waals surface area (Å²) in [6.07, 6.45) is 6.01. The van der Waals surface area contributed by atoms with Crippen molar-refractivity contribution in [2.75, 3.05) is 19.6 Å². The SMILES string of the molecule is CCCNCC(=O)NCC1(O)CCC(CC)CC1. The summed E-state index contributed by atoms with van der Waals surface area (Å²) >= 11 is 0. The lowest BCUT2D eigenvalue weighted by Crippen LogP contribution is -2.47. The Hall–Kier alpha value is -0.610. The second-order valence-corrected chi connectivity index (χ2v) is 5.53. The molecule has 0 heterocycles. The highest BCUT2D eigenvalue weighted by Gasteiger charge is 2.32. The maximum absolute atomic E-state index is 11.5. The Balaban J connectivity index is 2.19. The molecule has 106 valence electrons. The number of nitrogens with one attached hydrogen (secondary N) is 2. The number of amides is 1. The van der Waals surface area contributed by atoms with Crippen LogP contribution in [0.3, 0.4) is 0 Å². The van der Waals surface area contributed by atoms with Gasteiger partial charge in [-0.2, -0.15) is 0 Å². The fourth-order valence-electron chi connectivity index (χ4n) is 2.50. The molecule has 0 atom stereocenters. The summed E-state index contributed by atoms with van der Waals surface area (Å²) in [6.45, 7) is 5.88. The van der Waals surface area contributed by atoms with E-state index in [4.69, 9.17) is 0 Å². The first-order chi connectivity index (χ1) is 8.59. The number of carbonyl (C=O) groups excluding carboxylic acids is 1. The summed E-state index contributed by atoms with van der Waals surface area (Å²) in [4.78, 5) is 11.5. The van der Waals surface area contributed by atoms with Crippen LogP contribution in [0.2, 0.25) is 0 Å². The minimum Gasteiger partial charge on any atom is -0.388 e. The third-order valence-electron chi connectivity index (χ3n) is 3.94. The Morgan fingerprint density at radius 3 is 2.56 bits per heavy atom. The number of aliphatic hydroxyl groups is 1. The van der Waals surface area contributed by atoms with Crippen LogP contribution in [0.1, 0.15) is 52.4 Å². The second-order valence-electron chi connectivity index (χ2n) is 5.53. The largest absolute Gasteiger partial charge is 0.388 e. The topological polar surface area (TPSA) is 61.4 Å². The smallest absolute Gasteiger partial charge is 0.234 e. The zero-order valence-corrected chi connectivity index (χ0v) is 11.8. The minimum atomic E-state index is -0.675. The van der Waals surface area contributed by atoms with Gasteiger partial charge in [-0.15, -0.1) is 0 Å². The number of carbonyl (C=O) groups is 1. The predicted octanol–water partition coefficient (Wildman–Crippen LogP) is 1.43. The van der Waals surface area contributed by atoms with Gasteiger partial charge in [-0.1, -0.05) is 20.3 Å². The van der Waals surface area contributed by atoms with Crippen molar-refractivity contribution in [3.8, 4) is 0 Å². The summed E-state index contributed by atoms with van der Waals surface area (Å²) in [7, 11) is 0. The van der Waals surface area contributed by atoms with E-state index in [1.807, 2.05) is 0 Å². The molecule has 0 unspecified atom stereocenters. The summed E-state index contributed by atoms with van der Waals surface area (Å²) in [5.74, 6) is 0.738. The fourth-order valence-corrected chi connectivity index (χ4v) is 2.50. The van der Waals surface area contributed by atoms with Gasteiger partial charge in [0.1, 0.15) is 0 Å². The van der Waals surface area contributed by atoms with Crippen molar-refractivity contribution in [1.29, 1.82) is 0 Å². The molecule has 4 heteroatoms. The van der Waals surface area contributed by atoms with Crippen LogP contribution in [-0.4, -0.2) is 36.2 Å². The van der Waals surface area contributed by atoms with Crippen LogP contribution >= 0.6 is 0 Å². The van der Waals surface area contributed by atoms with Gasteiger partial charge in [-0.05, 0) is 44.6 Å². The Labute approximate surface area is 111 Å². The molecule has 1 fully saturated rings. The van der Waals surface area contributed by atoms with Gasteiger partial charge in [0.05, 0.1) is 12.1 Å². The molecule has 1 aliphatic carbocycles. The minimum absolute atomic E-state index is 0.0190. The van der Waals surface area contributed by atoms with Crippen molar-refractivity contribution in [3.05, 3.63) is 0 Å². The molecule has 18 heavy (non-hydrogen) atoms. The van der Waals surface area contributed by atoms with Crippen molar-refractivity contribution in [2.24, 2.45) is 5.92 Å². The molecule has 1 amide bonds. The van der Waals surface area contributed by atoms with E-state index in [2.05, 4.69) is 24.5 Å². The van der Waals surface area contributed by atoms with E-state index in [0.717, 1.165) is 44.6 Å². The van der Waals surface area contributed by atoms with E-state index in [1.165, 1.54) is 6.42 Å². The third-order valence-corrected chi connectivity index (χ3v) is 3.94. The van der Waals surface area contributed by atoms with Crippen LogP contribution in [0.15, 0.2) is 0 Å². The maximum atomic E-state index is 11.5. The predicted molar refractivity (Wildman–Crippen MR) is 73.4 cm³/mol. The molecule has 1 saturated carbocycles. The van der Waals surface area contributed by atoms with Gasteiger partial charge in [0.25, 0.3) is 0 Å². The molecule has 1 rings (SSSR count). The standard InChI is InChI=1S/C14H28N2O2/c1-3-9-15-10-13(17)16-11-14(18)7-5-12(4-2)6-8-14/h12,15,18H,3-11H2,1-2H3,(H,16,17). The van der Waals surface area contributed by atoms with Crippen LogP contribution < -0.4 is 10.6 Å². The van der Waals surface area contributed by atoms with Gasteiger partial charge in [-0.25, -0.2) is 0 Å². The van der Waals surface area contributed by atoms with Crippen LogP contribution in [0, 0.1) is 5.92 Å². The summed E-state index contributed by atoms with van der Waals surface area (Å²) < 4.78 is 0. The van der Waals surface area contributed by atoms with E-state index in [9.17, 15) is 9.90 Å². The number of hydrogen-bond acceptors (Lipinski definition) is 3. The van der Waals surface area contributed by atoms with Crippen molar-refractivity contribution >= 4 is 5.91 Å². The van der Waals surface area contributed by atoms with Crippen molar-refractivity contribution < 1.29 is 9.90 Å². The monoisotopic (exact) mass is 256 g/mol. The summed E-state index contributed by atoms with van der Waals surface area (Å²) in [5, 5.41) is 16.3. The lowest BCUT2D eigenvalue weighted by atomic mass is 9.78. The highest BCUT2D eigenvalue weighted by atomic mass is 16.3. The first kappa shape index (κ1) is 15.4. The molecule has 3 N–H and O–H groups in total. The third kappa shape index (κ3) is 5.36. The average Bonchev–Trinajstić information content (AvgIpc) is 2.38. The van der Waals surface area contributed by atoms with E-state index in [1.54, 1.807) is 0 Å². The Bertz CT molecular complexity index is 248. The number of hydrogen-bond donors (Lipinski definition) is 3. The van der Waals surface area contributed by atoms with Crippen molar-refractivity contribution in [3.63, 3.8) is 0 Å². The highest BCUT2D eigenvalue weighted by molar-refractivity contribution is 5.78. The van der Waals surface area contributed by atoms with E-state index >= 15 is 0 Å². The highest BCUT2D eigenvalue weighted by Crippen LogP contribution is 2.33. The first-order valence-corrected chi connectivity index (χ1v) is 7.29. The van der Waals surface area contributed by atoms with Crippen molar-refractivity contribution in [2.45, 2.75) is 58.0 Å². The maximum Gasteiger partial charge on any atom is 0.234 e. The Morgan fingerprint density at radius 1 is 1.33 bits per heavy atom. The van der Waals surface area contributed by atoms with Gasteiger partial charge in [0, 0.05) is 6.54 Å². The van der Waals surface area contributed by atoms with Crippen LogP contribution in [-0.2, 0) is 4.79 Å². The second kappa shape index (κ2) is 7.74.